The zero-order valence-corrected chi connectivity index (χ0v) is 10.7. The van der Waals surface area contributed by atoms with Crippen LogP contribution in [-0.4, -0.2) is 31.3 Å². The van der Waals surface area contributed by atoms with Gasteiger partial charge < -0.3 is 9.64 Å². The molecule has 1 aliphatic rings. The lowest BCUT2D eigenvalue weighted by molar-refractivity contribution is 0.193. The van der Waals surface area contributed by atoms with Crippen molar-refractivity contribution in [1.82, 2.24) is 4.98 Å². The van der Waals surface area contributed by atoms with Gasteiger partial charge in [-0.2, -0.15) is 0 Å². The van der Waals surface area contributed by atoms with Gasteiger partial charge in [0, 0.05) is 13.7 Å². The molecule has 0 spiro atoms. The monoisotopic (exact) mass is 266 g/mol. The zero-order valence-electron chi connectivity index (χ0n) is 8.37. The van der Waals surface area contributed by atoms with Gasteiger partial charge in [0.25, 0.3) is 0 Å². The summed E-state index contributed by atoms with van der Waals surface area (Å²) in [5.74, 6) is 0.422. The minimum Gasteiger partial charge on any atom is -0.379 e. The summed E-state index contributed by atoms with van der Waals surface area (Å²) >= 11 is 13.3. The number of thiazole rings is 1. The molecule has 0 N–H and O–H groups in total. The normalized spacial score (nSPS) is 20.9. The summed E-state index contributed by atoms with van der Waals surface area (Å²) in [7, 11) is 2.02. The van der Waals surface area contributed by atoms with Crippen molar-refractivity contribution in [3.63, 3.8) is 0 Å². The van der Waals surface area contributed by atoms with E-state index in [0.29, 0.717) is 17.1 Å². The summed E-state index contributed by atoms with van der Waals surface area (Å²) in [5, 5.41) is 1.45. The van der Waals surface area contributed by atoms with E-state index < -0.39 is 0 Å². The molecule has 84 valence electrons. The van der Waals surface area contributed by atoms with Gasteiger partial charge in [-0.05, 0) is 6.42 Å². The largest absolute Gasteiger partial charge is 0.379 e. The van der Waals surface area contributed by atoms with E-state index in [-0.39, 0.29) is 0 Å². The average molecular weight is 267 g/mol. The molecule has 3 nitrogen and oxygen atoms in total. The standard InChI is InChI=1S/C9H12Cl2N2OS/c1-13(6-2-3-14-5-6)9-12-8(11)7(4-10)15-9/h6H,2-5H2,1H3. The van der Waals surface area contributed by atoms with Crippen molar-refractivity contribution in [1.29, 1.82) is 0 Å². The topological polar surface area (TPSA) is 25.4 Å². The lowest BCUT2D eigenvalue weighted by Crippen LogP contribution is -2.31. The smallest absolute Gasteiger partial charge is 0.187 e. The number of nitrogens with zero attached hydrogens (tertiary/aromatic N) is 2. The molecular formula is C9H12Cl2N2OS. The molecule has 0 aliphatic carbocycles. The highest BCUT2D eigenvalue weighted by Crippen LogP contribution is 2.32. The van der Waals surface area contributed by atoms with Gasteiger partial charge in [0.15, 0.2) is 5.13 Å². The van der Waals surface area contributed by atoms with Crippen LogP contribution in [0.25, 0.3) is 0 Å². The van der Waals surface area contributed by atoms with E-state index in [1.54, 1.807) is 11.3 Å². The average Bonchev–Trinajstić information content (AvgIpc) is 2.85. The number of rotatable bonds is 3. The quantitative estimate of drug-likeness (QED) is 0.787. The van der Waals surface area contributed by atoms with Crippen molar-refractivity contribution < 1.29 is 4.74 Å². The Morgan fingerprint density at radius 2 is 2.47 bits per heavy atom. The van der Waals surface area contributed by atoms with E-state index in [1.807, 2.05) is 7.05 Å². The van der Waals surface area contributed by atoms with Gasteiger partial charge in [-0.25, -0.2) is 4.98 Å². The third-order valence-corrected chi connectivity index (χ3v) is 4.51. The fourth-order valence-corrected chi connectivity index (χ4v) is 3.04. The third-order valence-electron chi connectivity index (χ3n) is 2.51. The second-order valence-corrected chi connectivity index (χ2v) is 5.16. The van der Waals surface area contributed by atoms with Crippen LogP contribution in [0.4, 0.5) is 5.13 Å². The van der Waals surface area contributed by atoms with Crippen molar-refractivity contribution in [2.75, 3.05) is 25.2 Å². The number of likely N-dealkylation sites (N-methyl/N-ethyl adjacent to an activating group) is 1. The first kappa shape index (κ1) is 11.5. The number of halogens is 2. The number of alkyl halides is 1. The van der Waals surface area contributed by atoms with E-state index in [0.717, 1.165) is 29.6 Å². The Bertz CT molecular complexity index is 339. The lowest BCUT2D eigenvalue weighted by atomic mass is 10.2. The minimum atomic E-state index is 0.412. The Morgan fingerprint density at radius 3 is 3.00 bits per heavy atom. The van der Waals surface area contributed by atoms with E-state index in [4.69, 9.17) is 27.9 Å². The molecule has 1 fully saturated rings. The SMILES string of the molecule is CN(c1nc(Cl)c(CCl)s1)C1CCOC1. The molecular weight excluding hydrogens is 255 g/mol. The summed E-state index contributed by atoms with van der Waals surface area (Å²) < 4.78 is 5.34. The Morgan fingerprint density at radius 1 is 1.67 bits per heavy atom. The summed E-state index contributed by atoms with van der Waals surface area (Å²) in [4.78, 5) is 7.35. The van der Waals surface area contributed by atoms with Gasteiger partial charge in [-0.15, -0.1) is 11.6 Å². The van der Waals surface area contributed by atoms with Crippen LogP contribution in [0.2, 0.25) is 5.15 Å². The molecule has 0 saturated carbocycles. The van der Waals surface area contributed by atoms with Crippen LogP contribution in [0.1, 0.15) is 11.3 Å². The van der Waals surface area contributed by atoms with E-state index in [2.05, 4.69) is 9.88 Å². The Hall–Kier alpha value is -0.0300. The molecule has 2 rings (SSSR count). The van der Waals surface area contributed by atoms with Gasteiger partial charge in [0.1, 0.15) is 5.15 Å². The van der Waals surface area contributed by atoms with Gasteiger partial charge >= 0.3 is 0 Å². The number of hydrogen-bond donors (Lipinski definition) is 0. The molecule has 0 radical (unpaired) electrons. The fraction of sp³-hybridized carbons (Fsp3) is 0.667. The number of ether oxygens (including phenoxy) is 1. The molecule has 0 bridgehead atoms. The van der Waals surface area contributed by atoms with Crippen LogP contribution in [0.5, 0.6) is 0 Å². The van der Waals surface area contributed by atoms with Crippen LogP contribution >= 0.6 is 34.5 Å². The highest BCUT2D eigenvalue weighted by Gasteiger charge is 2.23. The molecule has 0 aromatic carbocycles. The first-order chi connectivity index (χ1) is 7.22. The molecule has 1 unspecified atom stereocenters. The molecule has 1 aromatic heterocycles. The van der Waals surface area contributed by atoms with E-state index >= 15 is 0 Å². The highest BCUT2D eigenvalue weighted by atomic mass is 35.5. The second-order valence-electron chi connectivity index (χ2n) is 3.47. The Balaban J connectivity index is 2.13. The molecule has 15 heavy (non-hydrogen) atoms. The van der Waals surface area contributed by atoms with Gasteiger partial charge in [-0.3, -0.25) is 0 Å². The van der Waals surface area contributed by atoms with E-state index in [9.17, 15) is 0 Å². The first-order valence-corrected chi connectivity index (χ1v) is 6.47. The molecule has 1 aromatic rings. The highest BCUT2D eigenvalue weighted by molar-refractivity contribution is 7.16. The fourth-order valence-electron chi connectivity index (χ4n) is 1.54. The predicted molar refractivity (Wildman–Crippen MR) is 64.3 cm³/mol. The molecule has 0 amide bonds. The Labute approximate surface area is 103 Å². The van der Waals surface area contributed by atoms with Crippen molar-refractivity contribution in [2.24, 2.45) is 0 Å². The lowest BCUT2D eigenvalue weighted by Gasteiger charge is -2.21. The molecule has 1 atom stereocenters. The summed E-state index contributed by atoms with van der Waals surface area (Å²) in [5.41, 5.74) is 0. The summed E-state index contributed by atoms with van der Waals surface area (Å²) in [6.07, 6.45) is 1.05. The summed E-state index contributed by atoms with van der Waals surface area (Å²) in [6, 6.07) is 0.412. The van der Waals surface area contributed by atoms with Gasteiger partial charge in [0.2, 0.25) is 0 Å². The van der Waals surface area contributed by atoms with E-state index in [1.165, 1.54) is 0 Å². The molecule has 1 saturated heterocycles. The van der Waals surface area contributed by atoms with Crippen molar-refractivity contribution in [2.45, 2.75) is 18.3 Å². The molecule has 2 heterocycles. The van der Waals surface area contributed by atoms with Crippen molar-refractivity contribution in [3.05, 3.63) is 10.0 Å². The Kier molecular flexibility index (Phi) is 3.72. The molecule has 6 heteroatoms. The number of anilines is 1. The second kappa shape index (κ2) is 4.87. The predicted octanol–water partition coefficient (Wildman–Crippen LogP) is 2.76. The number of aromatic nitrogens is 1. The maximum Gasteiger partial charge on any atom is 0.187 e. The van der Waals surface area contributed by atoms with Crippen LogP contribution in [0.3, 0.4) is 0 Å². The first-order valence-electron chi connectivity index (χ1n) is 4.74. The van der Waals surface area contributed by atoms with Crippen LogP contribution in [0.15, 0.2) is 0 Å². The van der Waals surface area contributed by atoms with Gasteiger partial charge in [-0.1, -0.05) is 22.9 Å². The van der Waals surface area contributed by atoms with Gasteiger partial charge in [0.05, 0.1) is 23.4 Å². The minimum absolute atomic E-state index is 0.412. The van der Waals surface area contributed by atoms with Crippen molar-refractivity contribution in [3.8, 4) is 0 Å². The van der Waals surface area contributed by atoms with Crippen LogP contribution in [-0.2, 0) is 10.6 Å². The van der Waals surface area contributed by atoms with Crippen molar-refractivity contribution >= 4 is 39.7 Å². The zero-order chi connectivity index (χ0) is 10.8. The maximum atomic E-state index is 5.95. The number of hydrogen-bond acceptors (Lipinski definition) is 4. The molecule has 1 aliphatic heterocycles. The van der Waals surface area contributed by atoms with Crippen LogP contribution < -0.4 is 4.90 Å². The van der Waals surface area contributed by atoms with Crippen LogP contribution in [0, 0.1) is 0 Å². The maximum absolute atomic E-state index is 5.95. The summed E-state index contributed by atoms with van der Waals surface area (Å²) in [6.45, 7) is 1.60. The third kappa shape index (κ3) is 2.38.